The largest absolute Gasteiger partial charge is 0.475 e. The summed E-state index contributed by atoms with van der Waals surface area (Å²) in [5, 5.41) is 0. The van der Waals surface area contributed by atoms with Gasteiger partial charge in [-0.3, -0.25) is 0 Å². The lowest BCUT2D eigenvalue weighted by molar-refractivity contribution is 0.113. The van der Waals surface area contributed by atoms with Crippen LogP contribution in [0.5, 0.6) is 0 Å². The maximum atomic E-state index is 15.3. The second kappa shape index (κ2) is 12.1. The highest BCUT2D eigenvalue weighted by atomic mass is 19.1. The van der Waals surface area contributed by atoms with Crippen LogP contribution in [-0.4, -0.2) is 18.0 Å². The van der Waals surface area contributed by atoms with Crippen molar-refractivity contribution in [2.45, 2.75) is 109 Å². The van der Waals surface area contributed by atoms with Gasteiger partial charge >= 0.3 is 0 Å². The van der Waals surface area contributed by atoms with Crippen LogP contribution in [0, 0.1) is 35.2 Å². The summed E-state index contributed by atoms with van der Waals surface area (Å²) in [7, 11) is 0. The van der Waals surface area contributed by atoms with Crippen molar-refractivity contribution in [2.75, 3.05) is 6.61 Å². The van der Waals surface area contributed by atoms with Crippen molar-refractivity contribution in [1.82, 2.24) is 0 Å². The third-order valence-corrected chi connectivity index (χ3v) is 9.44. The van der Waals surface area contributed by atoms with E-state index in [-0.39, 0.29) is 29.2 Å². The molecule has 2 fully saturated rings. The highest BCUT2D eigenvalue weighted by Crippen LogP contribution is 2.48. The normalized spacial score (nSPS) is 26.2. The third kappa shape index (κ3) is 6.55. The van der Waals surface area contributed by atoms with Gasteiger partial charge in [0.15, 0.2) is 0 Å². The van der Waals surface area contributed by atoms with Crippen molar-refractivity contribution in [3.05, 3.63) is 58.9 Å². The zero-order chi connectivity index (χ0) is 27.6. The molecule has 2 nitrogen and oxygen atoms in total. The first-order valence-electron chi connectivity index (χ1n) is 15.3. The average Bonchev–Trinajstić information content (AvgIpc) is 3.26. The van der Waals surface area contributed by atoms with E-state index in [0.717, 1.165) is 36.2 Å². The third-order valence-electron chi connectivity index (χ3n) is 9.44. The van der Waals surface area contributed by atoms with Gasteiger partial charge in [-0.05, 0) is 98.9 Å². The molecule has 2 saturated carbocycles. The number of fused-ring (bicyclic) bond motifs is 1. The van der Waals surface area contributed by atoms with E-state index >= 15 is 4.39 Å². The van der Waals surface area contributed by atoms with E-state index < -0.39 is 23.0 Å². The predicted octanol–water partition coefficient (Wildman–Crippen LogP) is 9.99. The maximum absolute atomic E-state index is 15.3. The molecule has 0 radical (unpaired) electrons. The van der Waals surface area contributed by atoms with Crippen molar-refractivity contribution in [1.29, 1.82) is 0 Å². The second-order valence-corrected chi connectivity index (χ2v) is 13.0. The number of hydrogen-bond acceptors (Lipinski definition) is 2. The lowest BCUT2D eigenvalue weighted by atomic mass is 9.63. The van der Waals surface area contributed by atoms with Crippen LogP contribution in [-0.2, 0) is 4.74 Å². The fourth-order valence-electron chi connectivity index (χ4n) is 7.25. The highest BCUT2D eigenvalue weighted by molar-refractivity contribution is 5.96. The van der Waals surface area contributed by atoms with Crippen molar-refractivity contribution in [3.63, 3.8) is 0 Å². The van der Waals surface area contributed by atoms with Crippen molar-refractivity contribution >= 4 is 5.90 Å². The Bertz CT molecular complexity index is 1170. The summed E-state index contributed by atoms with van der Waals surface area (Å²) in [4.78, 5) is 4.29. The number of hydrogen-bond donors (Lipinski definition) is 0. The van der Waals surface area contributed by atoms with Gasteiger partial charge in [-0.2, -0.15) is 0 Å². The lowest BCUT2D eigenvalue weighted by Gasteiger charge is -2.42. The molecule has 0 aromatic heterocycles. The summed E-state index contributed by atoms with van der Waals surface area (Å²) in [6.07, 6.45) is 15.7. The Morgan fingerprint density at radius 3 is 2.26 bits per heavy atom. The van der Waals surface area contributed by atoms with E-state index in [1.165, 1.54) is 76.3 Å². The van der Waals surface area contributed by atoms with Gasteiger partial charge < -0.3 is 4.74 Å². The number of benzene rings is 2. The Hall–Kier alpha value is -2.30. The molecule has 0 amide bonds. The van der Waals surface area contributed by atoms with Gasteiger partial charge in [-0.25, -0.2) is 18.2 Å². The molecule has 1 aliphatic heterocycles. The Labute approximate surface area is 232 Å². The number of unbranched alkanes of at least 4 members (excludes halogenated alkanes) is 4. The van der Waals surface area contributed by atoms with Gasteiger partial charge in [0, 0.05) is 5.56 Å². The van der Waals surface area contributed by atoms with Gasteiger partial charge in [0.2, 0.25) is 5.90 Å². The number of ether oxygens (including phenoxy) is 1. The first-order chi connectivity index (χ1) is 18.7. The predicted molar refractivity (Wildman–Crippen MR) is 153 cm³/mol. The van der Waals surface area contributed by atoms with Crippen molar-refractivity contribution in [3.8, 4) is 11.1 Å². The Balaban J connectivity index is 1.22. The molecule has 2 aromatic rings. The van der Waals surface area contributed by atoms with E-state index in [0.29, 0.717) is 5.92 Å². The Morgan fingerprint density at radius 1 is 0.846 bits per heavy atom. The van der Waals surface area contributed by atoms with Crippen LogP contribution in [0.3, 0.4) is 0 Å². The van der Waals surface area contributed by atoms with Crippen molar-refractivity contribution < 1.29 is 17.9 Å². The SMILES string of the molecule is CCCCCCCC1CCC2CC(c3ccc(-c4cc(F)c(C5=NC(C)(C)CO5)c(F)c4)c(F)c3)CCC2C1. The van der Waals surface area contributed by atoms with Gasteiger partial charge in [-0.15, -0.1) is 0 Å². The fourth-order valence-corrected chi connectivity index (χ4v) is 7.25. The maximum Gasteiger partial charge on any atom is 0.222 e. The number of aliphatic imine (C=N–C) groups is 1. The van der Waals surface area contributed by atoms with Crippen LogP contribution in [0.15, 0.2) is 35.3 Å². The molecule has 2 aromatic carbocycles. The van der Waals surface area contributed by atoms with Crippen LogP contribution in [0.25, 0.3) is 11.1 Å². The number of halogens is 3. The van der Waals surface area contributed by atoms with E-state index in [1.807, 2.05) is 19.9 Å². The number of rotatable bonds is 9. The highest BCUT2D eigenvalue weighted by Gasteiger charge is 2.36. The van der Waals surface area contributed by atoms with E-state index in [4.69, 9.17) is 4.74 Å². The summed E-state index contributed by atoms with van der Waals surface area (Å²) >= 11 is 0. The summed E-state index contributed by atoms with van der Waals surface area (Å²) in [5.74, 6) is 0.772. The minimum Gasteiger partial charge on any atom is -0.475 e. The van der Waals surface area contributed by atoms with Crippen LogP contribution in [0.4, 0.5) is 13.2 Å². The summed E-state index contributed by atoms with van der Waals surface area (Å²) in [6, 6.07) is 7.61. The van der Waals surface area contributed by atoms with E-state index in [2.05, 4.69) is 11.9 Å². The monoisotopic (exact) mass is 539 g/mol. The van der Waals surface area contributed by atoms with Gasteiger partial charge in [-0.1, -0.05) is 64.0 Å². The molecule has 39 heavy (non-hydrogen) atoms. The molecule has 4 unspecified atom stereocenters. The van der Waals surface area contributed by atoms with E-state index in [1.54, 1.807) is 12.1 Å². The van der Waals surface area contributed by atoms with Crippen LogP contribution in [0.2, 0.25) is 0 Å². The molecule has 0 N–H and O–H groups in total. The molecule has 1 heterocycles. The molecular formula is C34H44F3NO. The quantitative estimate of drug-likeness (QED) is 0.291. The minimum absolute atomic E-state index is 0.0334. The summed E-state index contributed by atoms with van der Waals surface area (Å²) < 4.78 is 50.7. The van der Waals surface area contributed by atoms with Gasteiger partial charge in [0.1, 0.15) is 29.6 Å². The topological polar surface area (TPSA) is 21.6 Å². The molecular weight excluding hydrogens is 495 g/mol. The number of nitrogens with zero attached hydrogens (tertiary/aromatic N) is 1. The first-order valence-corrected chi connectivity index (χ1v) is 15.3. The molecule has 3 aliphatic rings. The molecule has 5 heteroatoms. The molecule has 0 saturated heterocycles. The first kappa shape index (κ1) is 28.2. The van der Waals surface area contributed by atoms with Crippen molar-refractivity contribution in [2.24, 2.45) is 22.7 Å². The van der Waals surface area contributed by atoms with Gasteiger partial charge in [0.05, 0.1) is 5.54 Å². The second-order valence-electron chi connectivity index (χ2n) is 13.0. The Kier molecular flexibility index (Phi) is 8.73. The van der Waals surface area contributed by atoms with Gasteiger partial charge in [0.25, 0.3) is 0 Å². The molecule has 2 aliphatic carbocycles. The molecule has 212 valence electrons. The smallest absolute Gasteiger partial charge is 0.222 e. The molecule has 4 atom stereocenters. The molecule has 0 spiro atoms. The molecule has 0 bridgehead atoms. The fraction of sp³-hybridized carbons (Fsp3) is 0.618. The van der Waals surface area contributed by atoms with E-state index in [9.17, 15) is 8.78 Å². The summed E-state index contributed by atoms with van der Waals surface area (Å²) in [5.41, 5.74) is 0.602. The van der Waals surface area contributed by atoms with Crippen LogP contribution in [0.1, 0.15) is 115 Å². The molecule has 5 rings (SSSR count). The lowest BCUT2D eigenvalue weighted by Crippen LogP contribution is -2.30. The summed E-state index contributed by atoms with van der Waals surface area (Å²) in [6.45, 7) is 6.22. The Morgan fingerprint density at radius 2 is 1.56 bits per heavy atom. The standard InChI is InChI=1S/C34H44F3NO/c1-4-5-6-7-8-9-22-10-11-24-17-25(13-12-23(24)16-22)26-14-15-28(29(35)18-26)27-19-30(36)32(31(37)20-27)33-38-34(2,3)21-39-33/h14-15,18-20,22-25H,4-13,16-17,21H2,1-3H3. The zero-order valence-electron chi connectivity index (χ0n) is 23.9. The minimum atomic E-state index is -0.792. The van der Waals surface area contributed by atoms with Crippen LogP contribution < -0.4 is 0 Å². The van der Waals surface area contributed by atoms with Crippen LogP contribution >= 0.6 is 0 Å². The average molecular weight is 540 g/mol. The zero-order valence-corrected chi connectivity index (χ0v) is 23.9.